The van der Waals surface area contributed by atoms with Crippen molar-refractivity contribution in [3.63, 3.8) is 0 Å². The second kappa shape index (κ2) is 9.79. The lowest BCUT2D eigenvalue weighted by Gasteiger charge is -2.14. The molecule has 0 aliphatic carbocycles. The summed E-state index contributed by atoms with van der Waals surface area (Å²) in [6, 6.07) is 12.9. The van der Waals surface area contributed by atoms with Crippen LogP contribution in [0.1, 0.15) is 0 Å². The molecule has 0 spiro atoms. The Hall–Kier alpha value is -4.44. The SMILES string of the molecule is CNc1cc(N=Nc2c(Nc3cc(S(=O)(=O)O)ccc3O)ccc3cccc(O)c23)c(O)c(S(=O)(=O)O)c1. The summed E-state index contributed by atoms with van der Waals surface area (Å²) < 4.78 is 65.4. The van der Waals surface area contributed by atoms with E-state index in [4.69, 9.17) is 0 Å². The summed E-state index contributed by atoms with van der Waals surface area (Å²) in [6.45, 7) is 0. The first kappa shape index (κ1) is 26.6. The van der Waals surface area contributed by atoms with E-state index in [1.165, 1.54) is 25.2 Å². The largest absolute Gasteiger partial charge is 0.507 e. The highest BCUT2D eigenvalue weighted by atomic mass is 32.2. The summed E-state index contributed by atoms with van der Waals surface area (Å²) in [5.41, 5.74) is -0.251. The van der Waals surface area contributed by atoms with E-state index < -0.39 is 35.8 Å². The number of hydrogen-bond acceptors (Lipinski definition) is 11. The molecule has 4 rings (SSSR count). The van der Waals surface area contributed by atoms with E-state index in [1.807, 2.05) is 0 Å². The van der Waals surface area contributed by atoms with Crippen LogP contribution in [-0.4, -0.2) is 48.3 Å². The molecule has 0 aliphatic rings. The summed E-state index contributed by atoms with van der Waals surface area (Å²) in [7, 11) is -7.95. The molecule has 4 aromatic carbocycles. The van der Waals surface area contributed by atoms with Crippen molar-refractivity contribution in [1.29, 1.82) is 0 Å². The first-order valence-electron chi connectivity index (χ1n) is 10.6. The third kappa shape index (κ3) is 5.30. The summed E-state index contributed by atoms with van der Waals surface area (Å²) in [5, 5.41) is 45.5. The highest BCUT2D eigenvalue weighted by Gasteiger charge is 2.21. The molecule has 0 radical (unpaired) electrons. The van der Waals surface area contributed by atoms with Crippen LogP contribution in [0.15, 0.2) is 80.7 Å². The van der Waals surface area contributed by atoms with E-state index in [0.717, 1.165) is 24.3 Å². The molecule has 0 aliphatic heterocycles. The van der Waals surface area contributed by atoms with Crippen LogP contribution in [0.2, 0.25) is 0 Å². The molecule has 0 amide bonds. The van der Waals surface area contributed by atoms with Gasteiger partial charge in [0, 0.05) is 12.7 Å². The van der Waals surface area contributed by atoms with Gasteiger partial charge in [-0.2, -0.15) is 16.8 Å². The third-order valence-electron chi connectivity index (χ3n) is 5.41. The lowest BCUT2D eigenvalue weighted by molar-refractivity contribution is 0.444. The summed E-state index contributed by atoms with van der Waals surface area (Å²) in [6.07, 6.45) is 0. The molecule has 0 saturated heterocycles. The maximum atomic E-state index is 11.7. The monoisotopic (exact) mass is 560 g/mol. The zero-order valence-corrected chi connectivity index (χ0v) is 21.0. The van der Waals surface area contributed by atoms with Crippen molar-refractivity contribution in [1.82, 2.24) is 0 Å². The number of phenols is 3. The Bertz CT molecular complexity index is 1820. The van der Waals surface area contributed by atoms with Gasteiger partial charge >= 0.3 is 0 Å². The average molecular weight is 561 g/mol. The summed E-state index contributed by atoms with van der Waals surface area (Å²) in [5.74, 6) is -1.48. The Balaban J connectivity index is 1.93. The average Bonchev–Trinajstić information content (AvgIpc) is 2.84. The molecule has 0 bridgehead atoms. The molecular formula is C23H20N4O9S2. The Labute approximate surface area is 216 Å². The highest BCUT2D eigenvalue weighted by Crippen LogP contribution is 2.44. The second-order valence-corrected chi connectivity index (χ2v) is 10.7. The predicted octanol–water partition coefficient (Wildman–Crippen LogP) is 4.65. The third-order valence-corrected chi connectivity index (χ3v) is 7.13. The minimum Gasteiger partial charge on any atom is -0.507 e. The quantitative estimate of drug-likeness (QED) is 0.0713. The van der Waals surface area contributed by atoms with Crippen LogP contribution in [-0.2, 0) is 20.2 Å². The molecule has 0 saturated carbocycles. The standard InChI is InChI=1S/C23H20N4O9S2/c1-24-13-9-17(23(30)20(10-13)38(34,35)36)26-27-22-15(7-5-12-3-2-4-19(29)21(12)22)25-16-11-14(37(31,32)33)6-8-18(16)28/h2-11,24-25,28-30H,1H3,(H,31,32,33)(H,34,35,36). The van der Waals surface area contributed by atoms with Gasteiger partial charge in [-0.15, -0.1) is 10.2 Å². The number of benzene rings is 4. The number of phenolic OH excluding ortho intramolecular Hbond substituents is 3. The lowest BCUT2D eigenvalue weighted by atomic mass is 10.1. The number of anilines is 3. The number of azo groups is 1. The smallest absolute Gasteiger partial charge is 0.298 e. The number of fused-ring (bicyclic) bond motifs is 1. The second-order valence-electron chi connectivity index (χ2n) is 7.88. The van der Waals surface area contributed by atoms with Gasteiger partial charge in [-0.05, 0) is 47.9 Å². The summed E-state index contributed by atoms with van der Waals surface area (Å²) >= 11 is 0. The number of rotatable bonds is 7. The van der Waals surface area contributed by atoms with E-state index in [0.29, 0.717) is 5.39 Å². The van der Waals surface area contributed by atoms with Gasteiger partial charge in [-0.25, -0.2) is 0 Å². The van der Waals surface area contributed by atoms with Gasteiger partial charge in [-0.3, -0.25) is 9.11 Å². The maximum absolute atomic E-state index is 11.7. The molecule has 15 heteroatoms. The van der Waals surface area contributed by atoms with E-state index in [9.17, 15) is 41.3 Å². The minimum atomic E-state index is -4.82. The molecule has 0 fully saturated rings. The Morgan fingerprint density at radius 1 is 0.763 bits per heavy atom. The zero-order chi connectivity index (χ0) is 27.8. The molecule has 13 nitrogen and oxygen atoms in total. The van der Waals surface area contributed by atoms with Gasteiger partial charge in [0.2, 0.25) is 0 Å². The van der Waals surface area contributed by atoms with Crippen LogP contribution in [0.4, 0.5) is 28.4 Å². The number of nitrogens with zero attached hydrogens (tertiary/aromatic N) is 2. The highest BCUT2D eigenvalue weighted by molar-refractivity contribution is 7.86. The molecule has 198 valence electrons. The van der Waals surface area contributed by atoms with Gasteiger partial charge in [-0.1, -0.05) is 18.2 Å². The van der Waals surface area contributed by atoms with Crippen LogP contribution in [0.5, 0.6) is 17.2 Å². The molecule has 0 atom stereocenters. The minimum absolute atomic E-state index is 0.0417. The Morgan fingerprint density at radius 2 is 1.50 bits per heavy atom. The van der Waals surface area contributed by atoms with Crippen LogP contribution >= 0.6 is 0 Å². The molecule has 7 N–H and O–H groups in total. The van der Waals surface area contributed by atoms with Crippen LogP contribution < -0.4 is 10.6 Å². The van der Waals surface area contributed by atoms with E-state index in [2.05, 4.69) is 20.9 Å². The van der Waals surface area contributed by atoms with Gasteiger partial charge in [0.1, 0.15) is 27.8 Å². The normalized spacial score (nSPS) is 12.2. The van der Waals surface area contributed by atoms with E-state index >= 15 is 0 Å². The first-order valence-corrected chi connectivity index (χ1v) is 13.4. The molecular weight excluding hydrogens is 540 g/mol. The van der Waals surface area contributed by atoms with Crippen LogP contribution in [0.25, 0.3) is 10.8 Å². The zero-order valence-electron chi connectivity index (χ0n) is 19.4. The number of hydrogen-bond donors (Lipinski definition) is 7. The molecule has 0 unspecified atom stereocenters. The topological polar surface area (TPSA) is 218 Å². The van der Waals surface area contributed by atoms with Crippen LogP contribution in [0, 0.1) is 0 Å². The summed E-state index contributed by atoms with van der Waals surface area (Å²) in [4.78, 5) is -1.32. The lowest BCUT2D eigenvalue weighted by Crippen LogP contribution is -2.00. The van der Waals surface area contributed by atoms with Crippen molar-refractivity contribution in [3.8, 4) is 17.2 Å². The van der Waals surface area contributed by atoms with Gasteiger partial charge < -0.3 is 26.0 Å². The number of nitrogens with one attached hydrogen (secondary N) is 2. The fourth-order valence-corrected chi connectivity index (χ4v) is 4.71. The molecule has 0 heterocycles. The maximum Gasteiger partial charge on any atom is 0.298 e. The predicted molar refractivity (Wildman–Crippen MR) is 138 cm³/mol. The van der Waals surface area contributed by atoms with Gasteiger partial charge in [0.15, 0.2) is 5.75 Å². The Morgan fingerprint density at radius 3 is 2.16 bits per heavy atom. The van der Waals surface area contributed by atoms with Crippen molar-refractivity contribution in [2.75, 3.05) is 17.7 Å². The van der Waals surface area contributed by atoms with Crippen molar-refractivity contribution in [2.24, 2.45) is 10.2 Å². The molecule has 0 aromatic heterocycles. The fraction of sp³-hybridized carbons (Fsp3) is 0.0435. The van der Waals surface area contributed by atoms with Crippen molar-refractivity contribution in [3.05, 3.63) is 60.7 Å². The van der Waals surface area contributed by atoms with Crippen molar-refractivity contribution in [2.45, 2.75) is 9.79 Å². The Kier molecular flexibility index (Phi) is 6.86. The van der Waals surface area contributed by atoms with E-state index in [-0.39, 0.29) is 45.3 Å². The van der Waals surface area contributed by atoms with Crippen molar-refractivity contribution < 1.29 is 41.3 Å². The molecule has 4 aromatic rings. The van der Waals surface area contributed by atoms with Gasteiger partial charge in [0.25, 0.3) is 20.2 Å². The van der Waals surface area contributed by atoms with Gasteiger partial charge in [0.05, 0.1) is 21.7 Å². The van der Waals surface area contributed by atoms with E-state index in [1.54, 1.807) is 18.2 Å². The van der Waals surface area contributed by atoms with Crippen LogP contribution in [0.3, 0.4) is 0 Å². The molecule has 38 heavy (non-hydrogen) atoms. The fourth-order valence-electron chi connectivity index (χ4n) is 3.58. The first-order chi connectivity index (χ1) is 17.8. The van der Waals surface area contributed by atoms with Crippen molar-refractivity contribution >= 4 is 59.4 Å². The number of aromatic hydroxyl groups is 3.